The fourth-order valence-corrected chi connectivity index (χ4v) is 3.96. The predicted octanol–water partition coefficient (Wildman–Crippen LogP) is 3.28. The Kier molecular flexibility index (Phi) is 4.65. The lowest BCUT2D eigenvalue weighted by molar-refractivity contribution is -0.133. The average Bonchev–Trinajstić information content (AvgIpc) is 3.28. The molecule has 0 spiro atoms. The van der Waals surface area contributed by atoms with Crippen molar-refractivity contribution in [2.24, 2.45) is 17.8 Å². The summed E-state index contributed by atoms with van der Waals surface area (Å²) in [6.45, 7) is 2.66. The molecule has 3 aliphatic carbocycles. The fourth-order valence-electron chi connectivity index (χ4n) is 3.96. The maximum Gasteiger partial charge on any atom is 0.249 e. The quantitative estimate of drug-likeness (QED) is 0.838. The van der Waals surface area contributed by atoms with E-state index >= 15 is 0 Å². The van der Waals surface area contributed by atoms with Gasteiger partial charge < -0.3 is 10.1 Å². The number of hydrogen-bond acceptors (Lipinski definition) is 2. The molecule has 114 valence electrons. The van der Waals surface area contributed by atoms with Gasteiger partial charge in [-0.1, -0.05) is 25.7 Å². The van der Waals surface area contributed by atoms with Crippen molar-refractivity contribution in [1.82, 2.24) is 5.32 Å². The number of rotatable bonds is 5. The van der Waals surface area contributed by atoms with Crippen molar-refractivity contribution in [3.8, 4) is 0 Å². The summed E-state index contributed by atoms with van der Waals surface area (Å²) in [5.41, 5.74) is 0. The fraction of sp³-hybridized carbons (Fsp3) is 0.941. The SMILES string of the molecule is C[C@H](OCC1CC1)C(=O)N[C@@H]1CC[C@H]2CCCC[C@@H]2C1. The monoisotopic (exact) mass is 279 g/mol. The maximum absolute atomic E-state index is 12.2. The average molecular weight is 279 g/mol. The molecular formula is C17H29NO2. The van der Waals surface area contributed by atoms with Crippen LogP contribution in [0.15, 0.2) is 0 Å². The number of nitrogens with one attached hydrogen (secondary N) is 1. The number of fused-ring (bicyclic) bond motifs is 1. The van der Waals surface area contributed by atoms with E-state index in [2.05, 4.69) is 5.32 Å². The van der Waals surface area contributed by atoms with Gasteiger partial charge in [0.25, 0.3) is 0 Å². The van der Waals surface area contributed by atoms with Crippen LogP contribution in [0, 0.1) is 17.8 Å². The highest BCUT2D eigenvalue weighted by Gasteiger charge is 2.33. The van der Waals surface area contributed by atoms with E-state index in [1.807, 2.05) is 6.92 Å². The molecular weight excluding hydrogens is 250 g/mol. The summed E-state index contributed by atoms with van der Waals surface area (Å²) in [5.74, 6) is 2.64. The van der Waals surface area contributed by atoms with E-state index in [0.29, 0.717) is 6.04 Å². The minimum atomic E-state index is -0.278. The molecule has 3 nitrogen and oxygen atoms in total. The molecule has 3 rings (SSSR count). The van der Waals surface area contributed by atoms with Crippen molar-refractivity contribution >= 4 is 5.91 Å². The number of carbonyl (C=O) groups is 1. The Labute approximate surface area is 122 Å². The minimum absolute atomic E-state index is 0.102. The third-order valence-electron chi connectivity index (χ3n) is 5.53. The highest BCUT2D eigenvalue weighted by Crippen LogP contribution is 2.40. The molecule has 4 atom stereocenters. The van der Waals surface area contributed by atoms with E-state index in [1.165, 1.54) is 57.8 Å². The molecule has 3 fully saturated rings. The largest absolute Gasteiger partial charge is 0.368 e. The molecule has 1 amide bonds. The second-order valence-electron chi connectivity index (χ2n) is 7.24. The summed E-state index contributed by atoms with van der Waals surface area (Å²) >= 11 is 0. The van der Waals surface area contributed by atoms with Gasteiger partial charge >= 0.3 is 0 Å². The van der Waals surface area contributed by atoms with Crippen LogP contribution < -0.4 is 5.32 Å². The summed E-state index contributed by atoms with van der Waals surface area (Å²) in [6, 6.07) is 0.397. The molecule has 0 bridgehead atoms. The number of hydrogen-bond donors (Lipinski definition) is 1. The molecule has 0 radical (unpaired) electrons. The van der Waals surface area contributed by atoms with Gasteiger partial charge in [-0.05, 0) is 56.8 Å². The molecule has 0 aromatic heterocycles. The molecule has 3 heteroatoms. The third kappa shape index (κ3) is 3.75. The van der Waals surface area contributed by atoms with Crippen LogP contribution in [0.5, 0.6) is 0 Å². The first-order valence-electron chi connectivity index (χ1n) is 8.64. The molecule has 0 aliphatic heterocycles. The van der Waals surface area contributed by atoms with Crippen molar-refractivity contribution in [2.45, 2.75) is 76.9 Å². The van der Waals surface area contributed by atoms with Crippen LogP contribution in [0.2, 0.25) is 0 Å². The topological polar surface area (TPSA) is 38.3 Å². The molecule has 3 aliphatic rings. The van der Waals surface area contributed by atoms with E-state index in [9.17, 15) is 4.79 Å². The van der Waals surface area contributed by atoms with Crippen molar-refractivity contribution < 1.29 is 9.53 Å². The lowest BCUT2D eigenvalue weighted by atomic mass is 9.69. The van der Waals surface area contributed by atoms with E-state index in [0.717, 1.165) is 24.4 Å². The Morgan fingerprint density at radius 2 is 1.85 bits per heavy atom. The van der Waals surface area contributed by atoms with E-state index in [1.54, 1.807) is 0 Å². The first-order chi connectivity index (χ1) is 9.72. The molecule has 0 aromatic carbocycles. The van der Waals surface area contributed by atoms with Crippen molar-refractivity contribution in [2.75, 3.05) is 6.61 Å². The van der Waals surface area contributed by atoms with E-state index in [4.69, 9.17) is 4.74 Å². The summed E-state index contributed by atoms with van der Waals surface area (Å²) in [5, 5.41) is 3.23. The molecule has 0 saturated heterocycles. The Morgan fingerprint density at radius 3 is 2.60 bits per heavy atom. The van der Waals surface area contributed by atoms with Gasteiger partial charge in [-0.3, -0.25) is 4.79 Å². The smallest absolute Gasteiger partial charge is 0.249 e. The van der Waals surface area contributed by atoms with Crippen LogP contribution in [-0.4, -0.2) is 24.7 Å². The summed E-state index contributed by atoms with van der Waals surface area (Å²) in [4.78, 5) is 12.2. The Balaban J connectivity index is 1.41. The second-order valence-corrected chi connectivity index (χ2v) is 7.24. The van der Waals surface area contributed by atoms with E-state index < -0.39 is 0 Å². The van der Waals surface area contributed by atoms with E-state index in [-0.39, 0.29) is 12.0 Å². The first-order valence-corrected chi connectivity index (χ1v) is 8.64. The van der Waals surface area contributed by atoms with Gasteiger partial charge in [0.2, 0.25) is 5.91 Å². The van der Waals surface area contributed by atoms with Crippen LogP contribution in [0.4, 0.5) is 0 Å². The first kappa shape index (κ1) is 14.4. The van der Waals surface area contributed by atoms with Gasteiger partial charge in [-0.25, -0.2) is 0 Å². The second kappa shape index (κ2) is 6.46. The summed E-state index contributed by atoms with van der Waals surface area (Å²) in [6.07, 6.45) is 11.6. The standard InChI is InChI=1S/C17H29NO2/c1-12(20-11-13-6-7-13)17(19)18-16-9-8-14-4-2-3-5-15(14)10-16/h12-16H,2-11H2,1H3,(H,18,19)/t12-,14+,15+,16+/m0/s1. The molecule has 20 heavy (non-hydrogen) atoms. The predicted molar refractivity (Wildman–Crippen MR) is 79.4 cm³/mol. The molecule has 0 unspecified atom stereocenters. The lowest BCUT2D eigenvalue weighted by Crippen LogP contribution is -2.45. The number of ether oxygens (including phenoxy) is 1. The molecule has 0 heterocycles. The van der Waals surface area contributed by atoms with Gasteiger partial charge in [0.05, 0.1) is 6.61 Å². The van der Waals surface area contributed by atoms with Crippen LogP contribution >= 0.6 is 0 Å². The van der Waals surface area contributed by atoms with Gasteiger partial charge in [-0.2, -0.15) is 0 Å². The van der Waals surface area contributed by atoms with Gasteiger partial charge in [-0.15, -0.1) is 0 Å². The number of carbonyl (C=O) groups excluding carboxylic acids is 1. The van der Waals surface area contributed by atoms with Crippen LogP contribution in [0.25, 0.3) is 0 Å². The Morgan fingerprint density at radius 1 is 1.10 bits per heavy atom. The zero-order valence-electron chi connectivity index (χ0n) is 12.8. The maximum atomic E-state index is 12.2. The minimum Gasteiger partial charge on any atom is -0.368 e. The van der Waals surface area contributed by atoms with Gasteiger partial charge in [0.1, 0.15) is 6.10 Å². The number of amides is 1. The van der Waals surface area contributed by atoms with Crippen molar-refractivity contribution in [3.63, 3.8) is 0 Å². The zero-order chi connectivity index (χ0) is 13.9. The van der Waals surface area contributed by atoms with Gasteiger partial charge in [0, 0.05) is 6.04 Å². The molecule has 0 aromatic rings. The van der Waals surface area contributed by atoms with Crippen LogP contribution in [-0.2, 0) is 9.53 Å². The van der Waals surface area contributed by atoms with Crippen molar-refractivity contribution in [3.05, 3.63) is 0 Å². The molecule has 1 N–H and O–H groups in total. The lowest BCUT2D eigenvalue weighted by Gasteiger charge is -2.39. The normalized spacial score (nSPS) is 35.1. The Bertz CT molecular complexity index is 340. The summed E-state index contributed by atoms with van der Waals surface area (Å²) in [7, 11) is 0. The van der Waals surface area contributed by atoms with Crippen molar-refractivity contribution in [1.29, 1.82) is 0 Å². The third-order valence-corrected chi connectivity index (χ3v) is 5.53. The summed E-state index contributed by atoms with van der Waals surface area (Å²) < 4.78 is 5.66. The zero-order valence-corrected chi connectivity index (χ0v) is 12.8. The van der Waals surface area contributed by atoms with Gasteiger partial charge in [0.15, 0.2) is 0 Å². The highest BCUT2D eigenvalue weighted by atomic mass is 16.5. The molecule has 3 saturated carbocycles. The highest BCUT2D eigenvalue weighted by molar-refractivity contribution is 5.80. The van der Waals surface area contributed by atoms with Crippen LogP contribution in [0.3, 0.4) is 0 Å². The van der Waals surface area contributed by atoms with Crippen LogP contribution in [0.1, 0.15) is 64.7 Å². The Hall–Kier alpha value is -0.570.